The zero-order valence-corrected chi connectivity index (χ0v) is 6.09. The quantitative estimate of drug-likeness (QED) is 0.493. The van der Waals surface area contributed by atoms with Crippen LogP contribution in [0.5, 0.6) is 0 Å². The van der Waals surface area contributed by atoms with Gasteiger partial charge in [-0.25, -0.2) is 0 Å². The molecule has 1 aromatic heterocycles. The Labute approximate surface area is 54.8 Å². The summed E-state index contributed by atoms with van der Waals surface area (Å²) in [5, 5.41) is 4.41. The van der Waals surface area contributed by atoms with E-state index >= 15 is 0 Å². The Balaban J connectivity index is 2.92. The number of hydrogen-bond donors (Lipinski definition) is 0. The molecule has 0 saturated carbocycles. The van der Waals surface area contributed by atoms with Crippen LogP contribution in [0.1, 0.15) is 5.56 Å². The highest BCUT2D eigenvalue weighted by atomic mass is 32.1. The van der Waals surface area contributed by atoms with Gasteiger partial charge in [0.1, 0.15) is 0 Å². The van der Waals surface area contributed by atoms with Crippen molar-refractivity contribution in [1.82, 2.24) is 0 Å². The number of hydrogen-bond acceptors (Lipinski definition) is 1. The molecule has 1 aromatic rings. The summed E-state index contributed by atoms with van der Waals surface area (Å²) >= 11 is 1.79. The fourth-order valence-electron chi connectivity index (χ4n) is 0.749. The summed E-state index contributed by atoms with van der Waals surface area (Å²) < 4.78 is 0. The molecule has 0 atom stereocenters. The van der Waals surface area contributed by atoms with Gasteiger partial charge in [-0.2, -0.15) is 11.3 Å². The van der Waals surface area contributed by atoms with Gasteiger partial charge in [0.2, 0.25) is 0 Å². The van der Waals surface area contributed by atoms with Crippen molar-refractivity contribution in [3.8, 4) is 0 Å². The molecular weight excluding hydrogens is 115 g/mol. The number of thiophene rings is 1. The molecule has 0 bridgehead atoms. The molecule has 2 heteroatoms. The van der Waals surface area contributed by atoms with E-state index in [1.807, 2.05) is 0 Å². The molecule has 0 spiro atoms. The van der Waals surface area contributed by atoms with E-state index in [9.17, 15) is 0 Å². The second kappa shape index (κ2) is 2.36. The maximum absolute atomic E-state index is 2.22. The van der Waals surface area contributed by atoms with E-state index in [2.05, 4.69) is 24.5 Å². The van der Waals surface area contributed by atoms with Gasteiger partial charge in [0.15, 0.2) is 7.28 Å². The second-order valence-corrected chi connectivity index (χ2v) is 2.68. The van der Waals surface area contributed by atoms with Crippen LogP contribution in [0.3, 0.4) is 0 Å². The summed E-state index contributed by atoms with van der Waals surface area (Å²) in [6.45, 7) is 4.35. The third-order valence-electron chi connectivity index (χ3n) is 1.34. The number of rotatable bonds is 1. The molecule has 0 aromatic carbocycles. The van der Waals surface area contributed by atoms with E-state index in [1.165, 1.54) is 18.3 Å². The summed E-state index contributed by atoms with van der Waals surface area (Å²) in [6.07, 6.45) is 0. The summed E-state index contributed by atoms with van der Waals surface area (Å²) in [4.78, 5) is 0. The van der Waals surface area contributed by atoms with E-state index in [0.717, 1.165) is 0 Å². The molecule has 0 aliphatic carbocycles. The molecule has 0 amide bonds. The van der Waals surface area contributed by atoms with Crippen LogP contribution in [-0.2, 0) is 0 Å². The molecule has 0 nitrogen and oxygen atoms in total. The third kappa shape index (κ3) is 0.946. The Kier molecular flexibility index (Phi) is 1.74. The van der Waals surface area contributed by atoms with Crippen molar-refractivity contribution in [3.63, 3.8) is 0 Å². The van der Waals surface area contributed by atoms with E-state index in [-0.39, 0.29) is 0 Å². The van der Waals surface area contributed by atoms with Gasteiger partial charge in [-0.05, 0) is 23.2 Å². The maximum Gasteiger partial charge on any atom is 0.156 e. The lowest BCUT2D eigenvalue weighted by Crippen LogP contribution is -2.09. The zero-order valence-electron chi connectivity index (χ0n) is 5.27. The molecule has 0 aliphatic heterocycles. The van der Waals surface area contributed by atoms with Crippen molar-refractivity contribution in [2.75, 3.05) is 0 Å². The van der Waals surface area contributed by atoms with Crippen molar-refractivity contribution < 1.29 is 0 Å². The first kappa shape index (κ1) is 5.89. The van der Waals surface area contributed by atoms with Crippen LogP contribution < -0.4 is 5.46 Å². The molecule has 1 heterocycles. The number of aryl methyl sites for hydroxylation is 1. The van der Waals surface area contributed by atoms with Crippen LogP contribution in [0.15, 0.2) is 10.8 Å². The molecule has 42 valence electrons. The molecular formula is C6H9BS. The molecule has 0 unspecified atom stereocenters. The fraction of sp³-hybridized carbons (Fsp3) is 0.333. The minimum absolute atomic E-state index is 1.18. The highest BCUT2D eigenvalue weighted by molar-refractivity contribution is 7.09. The molecule has 1 rings (SSSR count). The van der Waals surface area contributed by atoms with Gasteiger partial charge in [-0.3, -0.25) is 0 Å². The van der Waals surface area contributed by atoms with Gasteiger partial charge in [0.25, 0.3) is 0 Å². The van der Waals surface area contributed by atoms with Gasteiger partial charge in [-0.15, -0.1) is 0 Å². The average molecular weight is 124 g/mol. The Morgan fingerprint density at radius 2 is 2.25 bits per heavy atom. The SMILES string of the molecule is CBc1cscc1C. The Hall–Kier alpha value is -0.235. The highest BCUT2D eigenvalue weighted by Crippen LogP contribution is 1.99. The summed E-state index contributed by atoms with van der Waals surface area (Å²) in [6, 6.07) is 0. The molecule has 8 heavy (non-hydrogen) atoms. The van der Waals surface area contributed by atoms with Gasteiger partial charge < -0.3 is 0 Å². The first-order valence-corrected chi connectivity index (χ1v) is 3.80. The van der Waals surface area contributed by atoms with Gasteiger partial charge in [0, 0.05) is 0 Å². The van der Waals surface area contributed by atoms with Crippen LogP contribution in [0, 0.1) is 6.92 Å². The summed E-state index contributed by atoms with van der Waals surface area (Å²) in [7, 11) is 1.18. The standard InChI is InChI=1S/C6H9BS/c1-5-3-8-4-6(5)7-2/h3-4,7H,1-2H3. The topological polar surface area (TPSA) is 0 Å². The van der Waals surface area contributed by atoms with Crippen molar-refractivity contribution in [3.05, 3.63) is 16.3 Å². The van der Waals surface area contributed by atoms with Crippen molar-refractivity contribution in [2.24, 2.45) is 0 Å². The predicted octanol–water partition coefficient (Wildman–Crippen LogP) is 1.17. The Bertz CT molecular complexity index is 169. The smallest absolute Gasteiger partial charge is 0.153 e. The highest BCUT2D eigenvalue weighted by Gasteiger charge is 1.93. The van der Waals surface area contributed by atoms with Crippen molar-refractivity contribution in [2.45, 2.75) is 13.7 Å². The molecule has 0 N–H and O–H groups in total. The van der Waals surface area contributed by atoms with E-state index in [4.69, 9.17) is 0 Å². The molecule has 0 radical (unpaired) electrons. The average Bonchev–Trinajstić information content (AvgIpc) is 2.14. The Morgan fingerprint density at radius 1 is 1.50 bits per heavy atom. The predicted molar refractivity (Wildman–Crippen MR) is 41.7 cm³/mol. The lowest BCUT2D eigenvalue weighted by atomic mass is 9.73. The lowest BCUT2D eigenvalue weighted by Gasteiger charge is -1.86. The van der Waals surface area contributed by atoms with Gasteiger partial charge in [0.05, 0.1) is 0 Å². The largest absolute Gasteiger partial charge is 0.156 e. The molecule has 0 aliphatic rings. The van der Waals surface area contributed by atoms with Crippen LogP contribution in [-0.4, -0.2) is 7.28 Å². The van der Waals surface area contributed by atoms with E-state index in [0.29, 0.717) is 0 Å². The van der Waals surface area contributed by atoms with Crippen LogP contribution in [0.4, 0.5) is 0 Å². The monoisotopic (exact) mass is 124 g/mol. The first-order chi connectivity index (χ1) is 3.84. The molecule has 0 fully saturated rings. The summed E-state index contributed by atoms with van der Waals surface area (Å²) in [5.74, 6) is 0. The summed E-state index contributed by atoms with van der Waals surface area (Å²) in [5.41, 5.74) is 2.94. The Morgan fingerprint density at radius 3 is 2.50 bits per heavy atom. The normalized spacial score (nSPS) is 9.25. The van der Waals surface area contributed by atoms with Gasteiger partial charge >= 0.3 is 0 Å². The third-order valence-corrected chi connectivity index (χ3v) is 2.25. The second-order valence-electron chi connectivity index (χ2n) is 1.93. The van der Waals surface area contributed by atoms with E-state index in [1.54, 1.807) is 11.3 Å². The van der Waals surface area contributed by atoms with Crippen LogP contribution >= 0.6 is 11.3 Å². The first-order valence-electron chi connectivity index (χ1n) is 2.86. The lowest BCUT2D eigenvalue weighted by molar-refractivity contribution is 1.59. The van der Waals surface area contributed by atoms with Gasteiger partial charge in [-0.1, -0.05) is 12.3 Å². The van der Waals surface area contributed by atoms with Crippen LogP contribution in [0.25, 0.3) is 0 Å². The van der Waals surface area contributed by atoms with Crippen molar-refractivity contribution >= 4 is 24.1 Å². The minimum Gasteiger partial charge on any atom is -0.153 e. The van der Waals surface area contributed by atoms with Crippen LogP contribution in [0.2, 0.25) is 6.82 Å². The minimum atomic E-state index is 1.18. The van der Waals surface area contributed by atoms with E-state index < -0.39 is 0 Å². The zero-order chi connectivity index (χ0) is 5.98. The fourth-order valence-corrected chi connectivity index (χ4v) is 1.69. The maximum atomic E-state index is 2.22. The molecule has 0 saturated heterocycles. The van der Waals surface area contributed by atoms with Crippen molar-refractivity contribution in [1.29, 1.82) is 0 Å².